The van der Waals surface area contributed by atoms with E-state index in [4.69, 9.17) is 5.11 Å². The summed E-state index contributed by atoms with van der Waals surface area (Å²) in [5, 5.41) is 9.13. The first-order valence-electron chi connectivity index (χ1n) is 3.49. The lowest BCUT2D eigenvalue weighted by atomic mass is 10.1. The van der Waals surface area contributed by atoms with Crippen molar-refractivity contribution in [1.29, 1.82) is 0 Å². The summed E-state index contributed by atoms with van der Waals surface area (Å²) in [6.07, 6.45) is 2.13. The molecule has 1 unspecified atom stereocenters. The van der Waals surface area contributed by atoms with Crippen LogP contribution in [0.15, 0.2) is 11.8 Å². The average molecular weight is 142 g/mol. The minimum Gasteiger partial charge on any atom is -0.512 e. The molecule has 58 valence electrons. The minimum absolute atomic E-state index is 0.0993. The van der Waals surface area contributed by atoms with Gasteiger partial charge in [-0.15, -0.1) is 0 Å². The molecule has 0 aliphatic heterocycles. The summed E-state index contributed by atoms with van der Waals surface area (Å²) in [6.45, 7) is 5.28. The molecule has 0 rings (SSSR count). The Morgan fingerprint density at radius 1 is 1.70 bits per heavy atom. The van der Waals surface area contributed by atoms with Crippen LogP contribution >= 0.6 is 0 Å². The van der Waals surface area contributed by atoms with Crippen molar-refractivity contribution in [3.8, 4) is 0 Å². The van der Waals surface area contributed by atoms with Crippen LogP contribution in [0.2, 0.25) is 0 Å². The van der Waals surface area contributed by atoms with Gasteiger partial charge < -0.3 is 5.11 Å². The number of hydrogen-bond donors (Lipinski definition) is 1. The maximum atomic E-state index is 10.4. The van der Waals surface area contributed by atoms with E-state index in [0.29, 0.717) is 0 Å². The molecule has 0 aliphatic rings. The van der Waals surface area contributed by atoms with Crippen LogP contribution in [0.1, 0.15) is 27.2 Å². The van der Waals surface area contributed by atoms with E-state index in [2.05, 4.69) is 0 Å². The molecule has 0 saturated heterocycles. The molecule has 0 aromatic rings. The second-order valence-corrected chi connectivity index (χ2v) is 2.49. The molecule has 0 fully saturated rings. The van der Waals surface area contributed by atoms with E-state index in [0.717, 1.165) is 6.42 Å². The molecule has 10 heavy (non-hydrogen) atoms. The summed E-state index contributed by atoms with van der Waals surface area (Å²) in [5.41, 5.74) is 0. The first-order valence-corrected chi connectivity index (χ1v) is 3.49. The average Bonchev–Trinajstić information content (AvgIpc) is 1.85. The fraction of sp³-hybridized carbons (Fsp3) is 0.625. The van der Waals surface area contributed by atoms with Gasteiger partial charge in [0.1, 0.15) is 0 Å². The molecule has 0 aromatic heterocycles. The van der Waals surface area contributed by atoms with Crippen molar-refractivity contribution in [2.45, 2.75) is 27.2 Å². The number of carbonyl (C=O) groups excluding carboxylic acids is 1. The highest BCUT2D eigenvalue weighted by molar-refractivity contribution is 5.87. The zero-order valence-corrected chi connectivity index (χ0v) is 6.72. The van der Waals surface area contributed by atoms with Crippen molar-refractivity contribution >= 4 is 5.78 Å². The Kier molecular flexibility index (Phi) is 3.77. The Balaban J connectivity index is 4.04. The highest BCUT2D eigenvalue weighted by Crippen LogP contribution is 2.10. The van der Waals surface area contributed by atoms with E-state index < -0.39 is 0 Å². The van der Waals surface area contributed by atoms with Gasteiger partial charge in [-0.05, 0) is 13.3 Å². The summed E-state index contributed by atoms with van der Waals surface area (Å²) in [6, 6.07) is 0. The Hall–Kier alpha value is -0.790. The van der Waals surface area contributed by atoms with Crippen molar-refractivity contribution < 1.29 is 9.90 Å². The number of rotatable bonds is 3. The first-order chi connectivity index (χ1) is 4.57. The molecule has 0 radical (unpaired) electrons. The Morgan fingerprint density at radius 2 is 2.20 bits per heavy atom. The standard InChI is InChI=1S/C8H14O2/c1-4-6(2)8(10)5-7(3)9/h5-6,10H,4H2,1-3H3. The third kappa shape index (κ3) is 3.28. The first kappa shape index (κ1) is 9.21. The van der Waals surface area contributed by atoms with Crippen LogP contribution in [0.5, 0.6) is 0 Å². The van der Waals surface area contributed by atoms with Crippen LogP contribution in [0.3, 0.4) is 0 Å². The zero-order chi connectivity index (χ0) is 8.15. The van der Waals surface area contributed by atoms with Crippen molar-refractivity contribution in [1.82, 2.24) is 0 Å². The van der Waals surface area contributed by atoms with E-state index in [1.807, 2.05) is 13.8 Å². The molecule has 0 amide bonds. The third-order valence-corrected chi connectivity index (χ3v) is 1.47. The summed E-state index contributed by atoms with van der Waals surface area (Å²) in [4.78, 5) is 10.4. The van der Waals surface area contributed by atoms with Gasteiger partial charge in [0, 0.05) is 12.0 Å². The van der Waals surface area contributed by atoms with Crippen LogP contribution in [0.4, 0.5) is 0 Å². The summed E-state index contributed by atoms with van der Waals surface area (Å²) in [5.74, 6) is 0.191. The highest BCUT2D eigenvalue weighted by atomic mass is 16.3. The summed E-state index contributed by atoms with van der Waals surface area (Å²) in [7, 11) is 0. The number of ketones is 1. The highest BCUT2D eigenvalue weighted by Gasteiger charge is 2.03. The van der Waals surface area contributed by atoms with Gasteiger partial charge in [0.25, 0.3) is 0 Å². The van der Waals surface area contributed by atoms with Gasteiger partial charge in [0.05, 0.1) is 5.76 Å². The molecular formula is C8H14O2. The monoisotopic (exact) mass is 142 g/mol. The van der Waals surface area contributed by atoms with Gasteiger partial charge in [0.15, 0.2) is 5.78 Å². The molecule has 1 N–H and O–H groups in total. The molecule has 0 saturated carbocycles. The Bertz CT molecular complexity index is 147. The van der Waals surface area contributed by atoms with Gasteiger partial charge >= 0.3 is 0 Å². The second-order valence-electron chi connectivity index (χ2n) is 2.49. The van der Waals surface area contributed by atoms with E-state index in [1.165, 1.54) is 13.0 Å². The quantitative estimate of drug-likeness (QED) is 0.483. The number of allylic oxidation sites excluding steroid dienone is 2. The van der Waals surface area contributed by atoms with Crippen LogP contribution in [-0.2, 0) is 4.79 Å². The van der Waals surface area contributed by atoms with Gasteiger partial charge in [-0.3, -0.25) is 4.79 Å². The van der Waals surface area contributed by atoms with Crippen LogP contribution in [-0.4, -0.2) is 10.9 Å². The fourth-order valence-corrected chi connectivity index (χ4v) is 0.560. The van der Waals surface area contributed by atoms with Crippen LogP contribution in [0.25, 0.3) is 0 Å². The summed E-state index contributed by atoms with van der Waals surface area (Å²) >= 11 is 0. The van der Waals surface area contributed by atoms with Crippen LogP contribution in [0, 0.1) is 5.92 Å². The fourth-order valence-electron chi connectivity index (χ4n) is 0.560. The van der Waals surface area contributed by atoms with Crippen molar-refractivity contribution in [2.24, 2.45) is 5.92 Å². The molecule has 0 aromatic carbocycles. The Labute approximate surface area is 61.6 Å². The van der Waals surface area contributed by atoms with Gasteiger partial charge in [-0.1, -0.05) is 13.8 Å². The van der Waals surface area contributed by atoms with Gasteiger partial charge in [-0.2, -0.15) is 0 Å². The molecule has 0 aliphatic carbocycles. The number of carbonyl (C=O) groups is 1. The lowest BCUT2D eigenvalue weighted by Crippen LogP contribution is -1.98. The maximum absolute atomic E-state index is 10.4. The molecule has 0 spiro atoms. The zero-order valence-electron chi connectivity index (χ0n) is 6.72. The van der Waals surface area contributed by atoms with Crippen molar-refractivity contribution in [3.63, 3.8) is 0 Å². The second kappa shape index (κ2) is 4.09. The predicted octanol–water partition coefficient (Wildman–Crippen LogP) is 2.06. The number of aliphatic hydroxyl groups excluding tert-OH is 1. The number of hydrogen-bond acceptors (Lipinski definition) is 2. The van der Waals surface area contributed by atoms with Crippen molar-refractivity contribution in [3.05, 3.63) is 11.8 Å². The molecule has 0 heterocycles. The predicted molar refractivity (Wildman–Crippen MR) is 40.8 cm³/mol. The van der Waals surface area contributed by atoms with E-state index in [9.17, 15) is 4.79 Å². The molecule has 1 atom stereocenters. The lowest BCUT2D eigenvalue weighted by molar-refractivity contribution is -0.112. The smallest absolute Gasteiger partial charge is 0.155 e. The SMILES string of the molecule is CCC(C)C(O)=CC(C)=O. The lowest BCUT2D eigenvalue weighted by Gasteiger charge is -2.04. The van der Waals surface area contributed by atoms with Gasteiger partial charge in [-0.25, -0.2) is 0 Å². The molecule has 2 nitrogen and oxygen atoms in total. The van der Waals surface area contributed by atoms with E-state index in [-0.39, 0.29) is 17.5 Å². The number of aliphatic hydroxyl groups is 1. The molecular weight excluding hydrogens is 128 g/mol. The third-order valence-electron chi connectivity index (χ3n) is 1.47. The normalized spacial score (nSPS) is 14.9. The summed E-state index contributed by atoms with van der Waals surface area (Å²) < 4.78 is 0. The maximum Gasteiger partial charge on any atom is 0.155 e. The van der Waals surface area contributed by atoms with Crippen molar-refractivity contribution in [2.75, 3.05) is 0 Å². The Morgan fingerprint density at radius 3 is 2.50 bits per heavy atom. The van der Waals surface area contributed by atoms with Gasteiger partial charge in [0.2, 0.25) is 0 Å². The van der Waals surface area contributed by atoms with Crippen LogP contribution < -0.4 is 0 Å². The topological polar surface area (TPSA) is 37.3 Å². The largest absolute Gasteiger partial charge is 0.512 e. The molecule has 0 bridgehead atoms. The van der Waals surface area contributed by atoms with E-state index >= 15 is 0 Å². The minimum atomic E-state index is -0.0993. The molecule has 2 heteroatoms. The van der Waals surface area contributed by atoms with E-state index in [1.54, 1.807) is 0 Å².